The molecule has 2 aromatic rings. The molecule has 0 atom stereocenters. The van der Waals surface area contributed by atoms with Crippen LogP contribution in [-0.2, 0) is 0 Å². The van der Waals surface area contributed by atoms with Gasteiger partial charge in [-0.15, -0.1) is 0 Å². The Bertz CT molecular complexity index is 792. The summed E-state index contributed by atoms with van der Waals surface area (Å²) in [5.74, 6) is 0.525. The molecule has 1 aliphatic carbocycles. The second-order valence-electron chi connectivity index (χ2n) is 6.00. The molecule has 0 amide bonds. The molecular formula is C17H20N2O2. The van der Waals surface area contributed by atoms with Gasteiger partial charge in [0.05, 0.1) is 10.9 Å². The van der Waals surface area contributed by atoms with Crippen molar-refractivity contribution < 1.29 is 0 Å². The zero-order valence-corrected chi connectivity index (χ0v) is 12.3. The van der Waals surface area contributed by atoms with Gasteiger partial charge in [-0.05, 0) is 50.7 Å². The molecule has 0 radical (unpaired) electrons. The lowest BCUT2D eigenvalue weighted by Crippen LogP contribution is -2.39. The molecule has 1 aromatic carbocycles. The van der Waals surface area contributed by atoms with E-state index in [1.165, 1.54) is 10.1 Å². The van der Waals surface area contributed by atoms with Gasteiger partial charge in [0.15, 0.2) is 0 Å². The SMILES string of the molecule is C=C(C)[C@H]1CC[C@H](n2c(=O)[nH]c3ccccc3c2=O)CC1. The van der Waals surface area contributed by atoms with E-state index < -0.39 is 0 Å². The maximum absolute atomic E-state index is 12.6. The number of hydrogen-bond donors (Lipinski definition) is 1. The molecule has 1 saturated carbocycles. The third-order valence-corrected chi connectivity index (χ3v) is 4.60. The largest absolute Gasteiger partial charge is 0.329 e. The normalized spacial score (nSPS) is 22.3. The fraction of sp³-hybridized carbons (Fsp3) is 0.412. The number of hydrogen-bond acceptors (Lipinski definition) is 2. The van der Waals surface area contributed by atoms with Crippen molar-refractivity contribution in [3.05, 3.63) is 57.3 Å². The van der Waals surface area contributed by atoms with E-state index in [0.717, 1.165) is 25.7 Å². The van der Waals surface area contributed by atoms with Crippen molar-refractivity contribution in [2.24, 2.45) is 5.92 Å². The standard InChI is InChI=1S/C17H20N2O2/c1-11(2)12-7-9-13(10-8-12)19-16(20)14-5-3-4-6-15(14)18-17(19)21/h3-6,12-13H,1,7-10H2,2H3,(H,18,21)/t12-,13-. The second kappa shape index (κ2) is 5.35. The van der Waals surface area contributed by atoms with Gasteiger partial charge in [-0.1, -0.05) is 24.3 Å². The molecule has 3 rings (SSSR count). The van der Waals surface area contributed by atoms with E-state index in [0.29, 0.717) is 16.8 Å². The van der Waals surface area contributed by atoms with Crippen molar-refractivity contribution in [1.29, 1.82) is 0 Å². The molecule has 110 valence electrons. The fourth-order valence-electron chi connectivity index (χ4n) is 3.33. The monoisotopic (exact) mass is 284 g/mol. The lowest BCUT2D eigenvalue weighted by molar-refractivity contribution is 0.290. The molecule has 0 aliphatic heterocycles. The molecule has 21 heavy (non-hydrogen) atoms. The number of aromatic nitrogens is 2. The maximum atomic E-state index is 12.6. The minimum absolute atomic E-state index is 0.00135. The van der Waals surface area contributed by atoms with Crippen LogP contribution in [0.4, 0.5) is 0 Å². The Morgan fingerprint density at radius 1 is 1.19 bits per heavy atom. The van der Waals surface area contributed by atoms with Gasteiger partial charge in [0, 0.05) is 6.04 Å². The molecular weight excluding hydrogens is 264 g/mol. The number of rotatable bonds is 2. The number of para-hydroxylation sites is 1. The number of nitrogens with zero attached hydrogens (tertiary/aromatic N) is 1. The highest BCUT2D eigenvalue weighted by Crippen LogP contribution is 2.34. The molecule has 1 aromatic heterocycles. The van der Waals surface area contributed by atoms with E-state index in [9.17, 15) is 9.59 Å². The summed E-state index contributed by atoms with van der Waals surface area (Å²) in [7, 11) is 0. The summed E-state index contributed by atoms with van der Waals surface area (Å²) in [5, 5.41) is 0.583. The van der Waals surface area contributed by atoms with Gasteiger partial charge < -0.3 is 4.98 Å². The minimum Gasteiger partial charge on any atom is -0.307 e. The average molecular weight is 284 g/mol. The van der Waals surface area contributed by atoms with E-state index in [4.69, 9.17) is 0 Å². The van der Waals surface area contributed by atoms with Crippen LogP contribution in [0.15, 0.2) is 46.0 Å². The topological polar surface area (TPSA) is 54.9 Å². The van der Waals surface area contributed by atoms with Gasteiger partial charge in [0.25, 0.3) is 5.56 Å². The van der Waals surface area contributed by atoms with Gasteiger partial charge >= 0.3 is 5.69 Å². The maximum Gasteiger partial charge on any atom is 0.329 e. The second-order valence-corrected chi connectivity index (χ2v) is 6.00. The Labute approximate surface area is 123 Å². The van der Waals surface area contributed by atoms with Crippen LogP contribution >= 0.6 is 0 Å². The number of H-pyrrole nitrogens is 1. The number of nitrogens with one attached hydrogen (secondary N) is 1. The first-order valence-electron chi connectivity index (χ1n) is 7.47. The van der Waals surface area contributed by atoms with E-state index >= 15 is 0 Å². The predicted octanol–water partition coefficient (Wildman–Crippen LogP) is 3.00. The molecule has 0 unspecified atom stereocenters. The van der Waals surface area contributed by atoms with Crippen molar-refractivity contribution in [2.75, 3.05) is 0 Å². The molecule has 1 fully saturated rings. The van der Waals surface area contributed by atoms with Gasteiger partial charge in [0.1, 0.15) is 0 Å². The van der Waals surface area contributed by atoms with Crippen molar-refractivity contribution in [3.63, 3.8) is 0 Å². The lowest BCUT2D eigenvalue weighted by Gasteiger charge is -2.29. The van der Waals surface area contributed by atoms with E-state index in [1.54, 1.807) is 12.1 Å². The van der Waals surface area contributed by atoms with Crippen LogP contribution in [0.1, 0.15) is 38.6 Å². The van der Waals surface area contributed by atoms with Crippen LogP contribution < -0.4 is 11.2 Å². The summed E-state index contributed by atoms with van der Waals surface area (Å²) in [6, 6.07) is 7.18. The lowest BCUT2D eigenvalue weighted by atomic mass is 9.82. The van der Waals surface area contributed by atoms with Crippen molar-refractivity contribution in [3.8, 4) is 0 Å². The molecule has 0 bridgehead atoms. The van der Waals surface area contributed by atoms with Crippen LogP contribution in [0.5, 0.6) is 0 Å². The Morgan fingerprint density at radius 2 is 1.86 bits per heavy atom. The Balaban J connectivity index is 2.00. The van der Waals surface area contributed by atoms with Gasteiger partial charge in [-0.2, -0.15) is 0 Å². The van der Waals surface area contributed by atoms with Gasteiger partial charge in [-0.25, -0.2) is 4.79 Å². The molecule has 1 aliphatic rings. The minimum atomic E-state index is -0.294. The number of aromatic amines is 1. The van der Waals surface area contributed by atoms with E-state index in [-0.39, 0.29) is 17.3 Å². The summed E-state index contributed by atoms with van der Waals surface area (Å²) >= 11 is 0. The van der Waals surface area contributed by atoms with Crippen molar-refractivity contribution in [2.45, 2.75) is 38.6 Å². The first-order chi connectivity index (χ1) is 10.1. The van der Waals surface area contributed by atoms with Crippen LogP contribution in [-0.4, -0.2) is 9.55 Å². The highest BCUT2D eigenvalue weighted by Gasteiger charge is 2.25. The molecule has 0 spiro atoms. The smallest absolute Gasteiger partial charge is 0.307 e. The Kier molecular flexibility index (Phi) is 3.53. The quantitative estimate of drug-likeness (QED) is 0.862. The van der Waals surface area contributed by atoms with Crippen LogP contribution in [0.2, 0.25) is 0 Å². The summed E-state index contributed by atoms with van der Waals surface area (Å²) in [6.45, 7) is 6.07. The van der Waals surface area contributed by atoms with Crippen LogP contribution in [0.25, 0.3) is 10.9 Å². The molecule has 1 N–H and O–H groups in total. The zero-order chi connectivity index (χ0) is 15.0. The highest BCUT2D eigenvalue weighted by atomic mass is 16.2. The highest BCUT2D eigenvalue weighted by molar-refractivity contribution is 5.76. The Hall–Kier alpha value is -2.10. The van der Waals surface area contributed by atoms with E-state index in [1.807, 2.05) is 12.1 Å². The number of fused-ring (bicyclic) bond motifs is 1. The summed E-state index contributed by atoms with van der Waals surface area (Å²) in [4.78, 5) is 27.7. The first kappa shape index (κ1) is 13.9. The molecule has 1 heterocycles. The van der Waals surface area contributed by atoms with E-state index in [2.05, 4.69) is 18.5 Å². The summed E-state index contributed by atoms with van der Waals surface area (Å²) in [5.41, 5.74) is 1.35. The van der Waals surface area contributed by atoms with Gasteiger partial charge in [-0.3, -0.25) is 9.36 Å². The third-order valence-electron chi connectivity index (χ3n) is 4.60. The van der Waals surface area contributed by atoms with Crippen molar-refractivity contribution in [1.82, 2.24) is 9.55 Å². The summed E-state index contributed by atoms with van der Waals surface area (Å²) < 4.78 is 1.41. The first-order valence-corrected chi connectivity index (χ1v) is 7.47. The average Bonchev–Trinajstić information content (AvgIpc) is 2.48. The van der Waals surface area contributed by atoms with Crippen LogP contribution in [0, 0.1) is 5.92 Å². The number of benzene rings is 1. The fourth-order valence-corrected chi connectivity index (χ4v) is 3.33. The number of allylic oxidation sites excluding steroid dienone is 1. The summed E-state index contributed by atoms with van der Waals surface area (Å²) in [6.07, 6.45) is 3.72. The Morgan fingerprint density at radius 3 is 2.52 bits per heavy atom. The van der Waals surface area contributed by atoms with Crippen LogP contribution in [0.3, 0.4) is 0 Å². The molecule has 0 saturated heterocycles. The molecule has 4 heteroatoms. The van der Waals surface area contributed by atoms with Crippen molar-refractivity contribution >= 4 is 10.9 Å². The molecule has 4 nitrogen and oxygen atoms in total. The van der Waals surface area contributed by atoms with Gasteiger partial charge in [0.2, 0.25) is 0 Å². The predicted molar refractivity (Wildman–Crippen MR) is 84.6 cm³/mol. The zero-order valence-electron chi connectivity index (χ0n) is 12.3. The third kappa shape index (κ3) is 2.46.